The highest BCUT2D eigenvalue weighted by atomic mass is 32.2. The van der Waals surface area contributed by atoms with Gasteiger partial charge >= 0.3 is 0 Å². The van der Waals surface area contributed by atoms with E-state index >= 15 is 0 Å². The van der Waals surface area contributed by atoms with E-state index in [9.17, 15) is 4.79 Å². The van der Waals surface area contributed by atoms with Crippen molar-refractivity contribution < 1.29 is 0 Å². The highest BCUT2D eigenvalue weighted by Crippen LogP contribution is 2.22. The summed E-state index contributed by atoms with van der Waals surface area (Å²) in [6, 6.07) is 0. The number of aryl methyl sites for hydroxylation is 1. The Hall–Kier alpha value is -1.54. The molecule has 0 saturated carbocycles. The van der Waals surface area contributed by atoms with E-state index in [-0.39, 0.29) is 5.56 Å². The number of piperazine rings is 1. The lowest BCUT2D eigenvalue weighted by molar-refractivity contribution is 0.569. The zero-order chi connectivity index (χ0) is 15.7. The number of anilines is 1. The van der Waals surface area contributed by atoms with Crippen LogP contribution in [0.15, 0.2) is 9.95 Å². The fourth-order valence-corrected chi connectivity index (χ4v) is 3.48. The zero-order valence-electron chi connectivity index (χ0n) is 13.3. The molecule has 0 radical (unpaired) electrons. The van der Waals surface area contributed by atoms with Gasteiger partial charge in [0.1, 0.15) is 0 Å². The van der Waals surface area contributed by atoms with Crippen molar-refractivity contribution in [3.05, 3.63) is 10.4 Å². The van der Waals surface area contributed by atoms with Crippen LogP contribution >= 0.6 is 11.8 Å². The van der Waals surface area contributed by atoms with Crippen LogP contribution in [-0.4, -0.2) is 51.0 Å². The minimum atomic E-state index is -0.0170. The van der Waals surface area contributed by atoms with Crippen LogP contribution in [0.2, 0.25) is 0 Å². The standard InChI is InChI=1S/C14H22N6OS/c1-4-20-10-11(16-13(20)19-8-6-15-7-9-19)17-14(22-5-2)18(3)12(10)21/h15H,4-9H2,1-3H3. The van der Waals surface area contributed by atoms with Crippen LogP contribution in [0.25, 0.3) is 11.2 Å². The molecule has 7 nitrogen and oxygen atoms in total. The molecule has 1 aliphatic heterocycles. The maximum Gasteiger partial charge on any atom is 0.280 e. The van der Waals surface area contributed by atoms with Crippen molar-refractivity contribution in [2.24, 2.45) is 7.05 Å². The Bertz CT molecular complexity index is 731. The highest BCUT2D eigenvalue weighted by Gasteiger charge is 2.22. The van der Waals surface area contributed by atoms with Gasteiger partial charge in [-0.25, -0.2) is 4.98 Å². The number of aromatic nitrogens is 4. The molecule has 8 heteroatoms. The van der Waals surface area contributed by atoms with Crippen molar-refractivity contribution in [2.45, 2.75) is 25.5 Å². The summed E-state index contributed by atoms with van der Waals surface area (Å²) < 4.78 is 3.63. The van der Waals surface area contributed by atoms with Gasteiger partial charge in [-0.05, 0) is 12.7 Å². The summed E-state index contributed by atoms with van der Waals surface area (Å²) in [4.78, 5) is 24.2. The van der Waals surface area contributed by atoms with Crippen molar-refractivity contribution >= 4 is 28.9 Å². The quantitative estimate of drug-likeness (QED) is 0.659. The second kappa shape index (κ2) is 6.29. The normalized spacial score (nSPS) is 15.7. The van der Waals surface area contributed by atoms with Crippen LogP contribution in [-0.2, 0) is 13.6 Å². The molecule has 0 aromatic carbocycles. The van der Waals surface area contributed by atoms with E-state index in [1.165, 1.54) is 0 Å². The van der Waals surface area contributed by atoms with Gasteiger partial charge in [-0.15, -0.1) is 0 Å². The molecule has 3 rings (SSSR count). The molecule has 0 bridgehead atoms. The van der Waals surface area contributed by atoms with Crippen molar-refractivity contribution in [3.8, 4) is 0 Å². The first-order valence-corrected chi connectivity index (χ1v) is 8.71. The number of hydrogen-bond donors (Lipinski definition) is 1. The van der Waals surface area contributed by atoms with Crippen molar-refractivity contribution in [1.82, 2.24) is 24.4 Å². The summed E-state index contributed by atoms with van der Waals surface area (Å²) in [6.07, 6.45) is 0. The predicted molar refractivity (Wildman–Crippen MR) is 89.9 cm³/mol. The molecule has 0 spiro atoms. The third-order valence-electron chi connectivity index (χ3n) is 3.91. The fraction of sp³-hybridized carbons (Fsp3) is 0.643. The molecule has 120 valence electrons. The van der Waals surface area contributed by atoms with E-state index < -0.39 is 0 Å². The molecule has 22 heavy (non-hydrogen) atoms. The largest absolute Gasteiger partial charge is 0.340 e. The second-order valence-electron chi connectivity index (χ2n) is 5.26. The van der Waals surface area contributed by atoms with Crippen LogP contribution in [0.5, 0.6) is 0 Å². The van der Waals surface area contributed by atoms with Gasteiger partial charge in [-0.1, -0.05) is 18.7 Å². The van der Waals surface area contributed by atoms with Gasteiger partial charge in [0.15, 0.2) is 16.3 Å². The Labute approximate surface area is 133 Å². The van der Waals surface area contributed by atoms with Crippen molar-refractivity contribution in [2.75, 3.05) is 36.8 Å². The van der Waals surface area contributed by atoms with Gasteiger partial charge in [0.05, 0.1) is 0 Å². The first kappa shape index (κ1) is 15.4. The Balaban J connectivity index is 2.18. The zero-order valence-corrected chi connectivity index (χ0v) is 14.1. The molecule has 2 aromatic heterocycles. The molecule has 1 aliphatic rings. The Morgan fingerprint density at radius 2 is 1.95 bits per heavy atom. The monoisotopic (exact) mass is 322 g/mol. The first-order valence-electron chi connectivity index (χ1n) is 7.73. The first-order chi connectivity index (χ1) is 10.7. The second-order valence-corrected chi connectivity index (χ2v) is 6.49. The summed E-state index contributed by atoms with van der Waals surface area (Å²) in [7, 11) is 1.78. The van der Waals surface area contributed by atoms with Gasteiger partial charge in [-0.3, -0.25) is 9.36 Å². The molecule has 0 aliphatic carbocycles. The van der Waals surface area contributed by atoms with Crippen LogP contribution in [0, 0.1) is 0 Å². The highest BCUT2D eigenvalue weighted by molar-refractivity contribution is 7.99. The van der Waals surface area contributed by atoms with Crippen LogP contribution in [0.3, 0.4) is 0 Å². The van der Waals surface area contributed by atoms with Gasteiger partial charge in [-0.2, -0.15) is 4.98 Å². The molecule has 1 fully saturated rings. The summed E-state index contributed by atoms with van der Waals surface area (Å²) in [5.41, 5.74) is 1.16. The number of hydrogen-bond acceptors (Lipinski definition) is 6. The van der Waals surface area contributed by atoms with E-state index in [1.54, 1.807) is 23.4 Å². The summed E-state index contributed by atoms with van der Waals surface area (Å²) in [5, 5.41) is 4.07. The molecule has 2 aromatic rings. The molecule has 1 N–H and O–H groups in total. The third-order valence-corrected chi connectivity index (χ3v) is 4.83. The SMILES string of the molecule is CCSc1nc2nc(N3CCNCC3)n(CC)c2c(=O)n1C. The minimum absolute atomic E-state index is 0.0170. The number of nitrogens with one attached hydrogen (secondary N) is 1. The molecule has 1 saturated heterocycles. The molecule has 0 atom stereocenters. The maximum absolute atomic E-state index is 12.7. The van der Waals surface area contributed by atoms with Gasteiger partial charge in [0.2, 0.25) is 5.95 Å². The number of fused-ring (bicyclic) bond motifs is 1. The fourth-order valence-electron chi connectivity index (χ4n) is 2.79. The molecule has 3 heterocycles. The molecular formula is C14H22N6OS. The Morgan fingerprint density at radius 1 is 1.23 bits per heavy atom. The van der Waals surface area contributed by atoms with E-state index in [0.29, 0.717) is 17.7 Å². The topological polar surface area (TPSA) is 68.0 Å². The maximum atomic E-state index is 12.7. The van der Waals surface area contributed by atoms with E-state index in [2.05, 4.69) is 27.1 Å². The van der Waals surface area contributed by atoms with Crippen molar-refractivity contribution in [1.29, 1.82) is 0 Å². The number of rotatable bonds is 4. The predicted octanol–water partition coefficient (Wildman–Crippen LogP) is 0.671. The lowest BCUT2D eigenvalue weighted by Gasteiger charge is -2.28. The van der Waals surface area contributed by atoms with Gasteiger partial charge in [0, 0.05) is 39.8 Å². The lowest BCUT2D eigenvalue weighted by Crippen LogP contribution is -2.44. The molecular weight excluding hydrogens is 300 g/mol. The summed E-state index contributed by atoms with van der Waals surface area (Å²) in [5.74, 6) is 1.74. The Kier molecular flexibility index (Phi) is 4.39. The average molecular weight is 322 g/mol. The van der Waals surface area contributed by atoms with Crippen LogP contribution in [0.4, 0.5) is 5.95 Å². The summed E-state index contributed by atoms with van der Waals surface area (Å²) in [6.45, 7) is 8.50. The number of nitrogens with zero attached hydrogens (tertiary/aromatic N) is 5. The van der Waals surface area contributed by atoms with E-state index in [1.807, 2.05) is 11.5 Å². The molecule has 0 unspecified atom stereocenters. The minimum Gasteiger partial charge on any atom is -0.340 e. The van der Waals surface area contributed by atoms with E-state index in [0.717, 1.165) is 43.0 Å². The smallest absolute Gasteiger partial charge is 0.280 e. The van der Waals surface area contributed by atoms with Gasteiger partial charge < -0.3 is 14.8 Å². The number of imidazole rings is 1. The molecule has 0 amide bonds. The van der Waals surface area contributed by atoms with Gasteiger partial charge in [0.25, 0.3) is 5.56 Å². The van der Waals surface area contributed by atoms with Crippen LogP contribution in [0.1, 0.15) is 13.8 Å². The van der Waals surface area contributed by atoms with Crippen LogP contribution < -0.4 is 15.8 Å². The van der Waals surface area contributed by atoms with E-state index in [4.69, 9.17) is 0 Å². The average Bonchev–Trinajstić information content (AvgIpc) is 2.92. The summed E-state index contributed by atoms with van der Waals surface area (Å²) >= 11 is 1.57. The number of thioether (sulfide) groups is 1. The third kappa shape index (κ3) is 2.50. The van der Waals surface area contributed by atoms with Crippen molar-refractivity contribution in [3.63, 3.8) is 0 Å². The lowest BCUT2D eigenvalue weighted by atomic mass is 10.4. The Morgan fingerprint density at radius 3 is 2.59 bits per heavy atom.